The van der Waals surface area contributed by atoms with Crippen LogP contribution in [0, 0.1) is 11.3 Å². The summed E-state index contributed by atoms with van der Waals surface area (Å²) in [6, 6.07) is 5.61. The van der Waals surface area contributed by atoms with Gasteiger partial charge in [-0.1, -0.05) is 24.4 Å². The summed E-state index contributed by atoms with van der Waals surface area (Å²) in [6.07, 6.45) is 3.49. The minimum atomic E-state index is -3.77. The van der Waals surface area contributed by atoms with E-state index in [4.69, 9.17) is 22.6 Å². The van der Waals surface area contributed by atoms with Crippen LogP contribution in [0.5, 0.6) is 0 Å². The van der Waals surface area contributed by atoms with Crippen molar-refractivity contribution in [3.63, 3.8) is 0 Å². The lowest BCUT2D eigenvalue weighted by Crippen LogP contribution is -2.49. The molecule has 0 heterocycles. The van der Waals surface area contributed by atoms with Gasteiger partial charge in [0.25, 0.3) is 0 Å². The summed E-state index contributed by atoms with van der Waals surface area (Å²) < 4.78 is 27.4. The molecule has 3 N–H and O–H groups in total. The molecule has 1 aliphatic rings. The SMILES string of the molecule is N#Cc1ccc(Cl)c(S(=O)(=O)N[C@@H]2CCCC[C@H]2N)c1. The quantitative estimate of drug-likeness (QED) is 0.888. The van der Waals surface area contributed by atoms with E-state index in [9.17, 15) is 8.42 Å². The number of sulfonamides is 1. The molecule has 0 unspecified atom stereocenters. The molecule has 2 rings (SSSR count). The number of benzene rings is 1. The first-order valence-corrected chi connectivity index (χ1v) is 8.28. The van der Waals surface area contributed by atoms with Crippen LogP contribution in [0.2, 0.25) is 5.02 Å². The Morgan fingerprint density at radius 3 is 2.70 bits per heavy atom. The third-order valence-electron chi connectivity index (χ3n) is 3.48. The zero-order chi connectivity index (χ0) is 14.8. The number of hydrogen-bond donors (Lipinski definition) is 2. The predicted octanol–water partition coefficient (Wildman–Crippen LogP) is 1.76. The average molecular weight is 314 g/mol. The number of nitrogens with one attached hydrogen (secondary N) is 1. The highest BCUT2D eigenvalue weighted by Crippen LogP contribution is 2.24. The molecular weight excluding hydrogens is 298 g/mol. The maximum atomic E-state index is 12.4. The molecule has 5 nitrogen and oxygen atoms in total. The Kier molecular flexibility index (Phi) is 4.66. The summed E-state index contributed by atoms with van der Waals surface area (Å²) in [7, 11) is -3.77. The smallest absolute Gasteiger partial charge is 0.242 e. The summed E-state index contributed by atoms with van der Waals surface area (Å²) in [5.41, 5.74) is 6.20. The summed E-state index contributed by atoms with van der Waals surface area (Å²) in [5.74, 6) is 0. The van der Waals surface area contributed by atoms with Gasteiger partial charge < -0.3 is 5.73 Å². The zero-order valence-electron chi connectivity index (χ0n) is 10.8. The minimum absolute atomic E-state index is 0.0732. The third-order valence-corrected chi connectivity index (χ3v) is 5.45. The van der Waals surface area contributed by atoms with Crippen LogP contribution >= 0.6 is 11.6 Å². The normalized spacial score (nSPS) is 23.2. The van der Waals surface area contributed by atoms with Crippen LogP contribution in [-0.2, 0) is 10.0 Å². The highest BCUT2D eigenvalue weighted by molar-refractivity contribution is 7.89. The molecule has 1 fully saturated rings. The second-order valence-electron chi connectivity index (χ2n) is 4.93. The largest absolute Gasteiger partial charge is 0.326 e. The topological polar surface area (TPSA) is 96.0 Å². The maximum absolute atomic E-state index is 12.4. The molecule has 1 saturated carbocycles. The fraction of sp³-hybridized carbons (Fsp3) is 0.462. The summed E-state index contributed by atoms with van der Waals surface area (Å²) in [6.45, 7) is 0. The number of nitrogens with zero attached hydrogens (tertiary/aromatic N) is 1. The number of nitriles is 1. The fourth-order valence-corrected chi connectivity index (χ4v) is 4.19. The molecule has 7 heteroatoms. The molecule has 20 heavy (non-hydrogen) atoms. The Balaban J connectivity index is 2.28. The van der Waals surface area contributed by atoms with Gasteiger partial charge in [-0.25, -0.2) is 13.1 Å². The molecule has 0 spiro atoms. The molecule has 0 bridgehead atoms. The molecule has 0 aliphatic heterocycles. The number of hydrogen-bond acceptors (Lipinski definition) is 4. The Morgan fingerprint density at radius 1 is 1.35 bits per heavy atom. The van der Waals surface area contributed by atoms with Gasteiger partial charge >= 0.3 is 0 Å². The van der Waals surface area contributed by atoms with Crippen LogP contribution in [0.4, 0.5) is 0 Å². The van der Waals surface area contributed by atoms with Gasteiger partial charge in [0.15, 0.2) is 0 Å². The second-order valence-corrected chi connectivity index (χ2v) is 7.02. The van der Waals surface area contributed by atoms with Gasteiger partial charge in [0.2, 0.25) is 10.0 Å². The van der Waals surface area contributed by atoms with Gasteiger partial charge in [0.05, 0.1) is 16.7 Å². The van der Waals surface area contributed by atoms with Crippen LogP contribution in [0.15, 0.2) is 23.1 Å². The van der Waals surface area contributed by atoms with E-state index in [-0.39, 0.29) is 27.6 Å². The third kappa shape index (κ3) is 3.30. The standard InChI is InChI=1S/C13H16ClN3O2S/c14-10-6-5-9(8-15)7-13(10)20(18,19)17-12-4-2-1-3-11(12)16/h5-7,11-12,17H,1-4,16H2/t11-,12-/m1/s1. The van der Waals surface area contributed by atoms with Crippen LogP contribution < -0.4 is 10.5 Å². The van der Waals surface area contributed by atoms with Crippen molar-refractivity contribution in [2.45, 2.75) is 42.7 Å². The highest BCUT2D eigenvalue weighted by atomic mass is 35.5. The zero-order valence-corrected chi connectivity index (χ0v) is 12.4. The molecule has 0 radical (unpaired) electrons. The predicted molar refractivity (Wildman–Crippen MR) is 76.7 cm³/mol. The van der Waals surface area contributed by atoms with E-state index in [0.717, 1.165) is 25.7 Å². The van der Waals surface area contributed by atoms with E-state index in [1.807, 2.05) is 6.07 Å². The minimum Gasteiger partial charge on any atom is -0.326 e. The van der Waals surface area contributed by atoms with Crippen LogP contribution in [0.3, 0.4) is 0 Å². The van der Waals surface area contributed by atoms with Crippen molar-refractivity contribution in [1.82, 2.24) is 4.72 Å². The van der Waals surface area contributed by atoms with E-state index in [1.54, 1.807) is 0 Å². The number of rotatable bonds is 3. The lowest BCUT2D eigenvalue weighted by Gasteiger charge is -2.29. The van der Waals surface area contributed by atoms with E-state index >= 15 is 0 Å². The van der Waals surface area contributed by atoms with E-state index in [0.29, 0.717) is 0 Å². The second kappa shape index (κ2) is 6.10. The first kappa shape index (κ1) is 15.3. The van der Waals surface area contributed by atoms with Crippen molar-refractivity contribution in [2.75, 3.05) is 0 Å². The summed E-state index contributed by atoms with van der Waals surface area (Å²) in [5, 5.41) is 8.95. The van der Waals surface area contributed by atoms with Crippen LogP contribution in [0.1, 0.15) is 31.2 Å². The first-order valence-electron chi connectivity index (χ1n) is 6.41. The molecule has 0 saturated heterocycles. The van der Waals surface area contributed by atoms with Crippen LogP contribution in [-0.4, -0.2) is 20.5 Å². The van der Waals surface area contributed by atoms with Crippen molar-refractivity contribution in [2.24, 2.45) is 5.73 Å². The number of nitrogens with two attached hydrogens (primary N) is 1. The molecule has 108 valence electrons. The summed E-state index contributed by atoms with van der Waals surface area (Å²) >= 11 is 5.93. The maximum Gasteiger partial charge on any atom is 0.242 e. The van der Waals surface area contributed by atoms with Gasteiger partial charge in [-0.15, -0.1) is 0 Å². The summed E-state index contributed by atoms with van der Waals surface area (Å²) in [4.78, 5) is -0.0732. The van der Waals surface area contributed by atoms with E-state index in [2.05, 4.69) is 4.72 Å². The molecule has 1 aromatic carbocycles. The average Bonchev–Trinajstić information content (AvgIpc) is 2.41. The van der Waals surface area contributed by atoms with Gasteiger partial charge in [0, 0.05) is 12.1 Å². The van der Waals surface area contributed by atoms with Gasteiger partial charge in [-0.05, 0) is 31.0 Å². The van der Waals surface area contributed by atoms with Crippen molar-refractivity contribution in [1.29, 1.82) is 5.26 Å². The lowest BCUT2D eigenvalue weighted by molar-refractivity contribution is 0.361. The van der Waals surface area contributed by atoms with Gasteiger partial charge in [-0.2, -0.15) is 5.26 Å². The molecule has 0 aromatic heterocycles. The lowest BCUT2D eigenvalue weighted by atomic mass is 9.92. The molecular formula is C13H16ClN3O2S. The first-order chi connectivity index (χ1) is 9.44. The van der Waals surface area contributed by atoms with Crippen molar-refractivity contribution < 1.29 is 8.42 Å². The van der Waals surface area contributed by atoms with Crippen LogP contribution in [0.25, 0.3) is 0 Å². The van der Waals surface area contributed by atoms with Gasteiger partial charge in [0.1, 0.15) is 4.90 Å². The Hall–Kier alpha value is -1.13. The Labute approximate surface area is 123 Å². The fourth-order valence-electron chi connectivity index (χ4n) is 2.35. The molecule has 0 amide bonds. The highest BCUT2D eigenvalue weighted by Gasteiger charge is 2.28. The van der Waals surface area contributed by atoms with Crippen molar-refractivity contribution in [3.05, 3.63) is 28.8 Å². The number of halogens is 1. The molecule has 2 atom stereocenters. The van der Waals surface area contributed by atoms with Crippen molar-refractivity contribution >= 4 is 21.6 Å². The Bertz CT molecular complexity index is 640. The van der Waals surface area contributed by atoms with E-state index < -0.39 is 10.0 Å². The van der Waals surface area contributed by atoms with Gasteiger partial charge in [-0.3, -0.25) is 0 Å². The molecule has 1 aromatic rings. The molecule has 1 aliphatic carbocycles. The van der Waals surface area contributed by atoms with E-state index in [1.165, 1.54) is 18.2 Å². The monoisotopic (exact) mass is 313 g/mol. The van der Waals surface area contributed by atoms with Crippen molar-refractivity contribution in [3.8, 4) is 6.07 Å². The Morgan fingerprint density at radius 2 is 2.05 bits per heavy atom.